The Bertz CT molecular complexity index is 658. The predicted octanol–water partition coefficient (Wildman–Crippen LogP) is 2.42. The van der Waals surface area contributed by atoms with E-state index in [4.69, 9.17) is 5.73 Å². The lowest BCUT2D eigenvalue weighted by atomic mass is 10.2. The van der Waals surface area contributed by atoms with Crippen molar-refractivity contribution in [2.24, 2.45) is 11.8 Å². The highest BCUT2D eigenvalue weighted by Gasteiger charge is 2.36. The number of carbonyl (C=O) groups excluding carboxylic acids is 1. The van der Waals surface area contributed by atoms with Crippen LogP contribution in [0, 0.1) is 11.8 Å². The number of hydrogen-bond acceptors (Lipinski definition) is 6. The average molecular weight is 330 g/mol. The zero-order chi connectivity index (χ0) is 15.9. The van der Waals surface area contributed by atoms with Gasteiger partial charge in [0, 0.05) is 25.8 Å². The normalized spacial score (nSPS) is 15.5. The Hall–Kier alpha value is -1.08. The molecule has 2 rings (SSSR count). The molecule has 1 fully saturated rings. The third-order valence-corrected chi connectivity index (χ3v) is 6.03. The van der Waals surface area contributed by atoms with Crippen molar-refractivity contribution in [3.8, 4) is 0 Å². The number of nitrogens with two attached hydrogens (primary N) is 1. The van der Waals surface area contributed by atoms with Crippen molar-refractivity contribution in [1.29, 1.82) is 0 Å². The number of thiophene rings is 1. The molecular formula is C14H22N2O3S2. The lowest BCUT2D eigenvalue weighted by Gasteiger charge is -2.20. The molecule has 0 bridgehead atoms. The number of nitrogen functional groups attached to an aromatic ring is 1. The standard InChI is InChI=1S/C14H22N2O3S2/c1-8(2)7-16(3)14-13(21(4,18)19)10(15)12(20-14)11(17)9-5-6-9/h8-9H,5-7,15H2,1-4H3. The first-order valence-corrected chi connectivity index (χ1v) is 9.71. The molecular weight excluding hydrogens is 308 g/mol. The van der Waals surface area contributed by atoms with Crippen molar-refractivity contribution in [1.82, 2.24) is 0 Å². The Morgan fingerprint density at radius 2 is 2.00 bits per heavy atom. The fourth-order valence-corrected chi connectivity index (χ4v) is 5.09. The maximum absolute atomic E-state index is 12.3. The summed E-state index contributed by atoms with van der Waals surface area (Å²) in [5.41, 5.74) is 6.14. The molecule has 0 aliphatic heterocycles. The molecule has 0 unspecified atom stereocenters. The van der Waals surface area contributed by atoms with Crippen molar-refractivity contribution in [2.75, 3.05) is 30.5 Å². The number of anilines is 2. The minimum Gasteiger partial charge on any atom is -0.396 e. The number of sulfone groups is 1. The van der Waals surface area contributed by atoms with Gasteiger partial charge in [-0.15, -0.1) is 11.3 Å². The zero-order valence-electron chi connectivity index (χ0n) is 12.8. The van der Waals surface area contributed by atoms with E-state index >= 15 is 0 Å². The second kappa shape index (κ2) is 5.61. The summed E-state index contributed by atoms with van der Waals surface area (Å²) in [5.74, 6) is 0.404. The molecule has 0 radical (unpaired) electrons. The van der Waals surface area contributed by atoms with E-state index in [-0.39, 0.29) is 22.3 Å². The van der Waals surface area contributed by atoms with Gasteiger partial charge in [-0.3, -0.25) is 4.79 Å². The molecule has 5 nitrogen and oxygen atoms in total. The average Bonchev–Trinajstić information content (AvgIpc) is 3.09. The minimum atomic E-state index is -3.47. The third-order valence-electron chi connectivity index (χ3n) is 3.41. The summed E-state index contributed by atoms with van der Waals surface area (Å²) in [6.07, 6.45) is 2.90. The van der Waals surface area contributed by atoms with Crippen LogP contribution in [0.2, 0.25) is 0 Å². The molecule has 1 aliphatic carbocycles. The van der Waals surface area contributed by atoms with Gasteiger partial charge in [0.15, 0.2) is 15.6 Å². The van der Waals surface area contributed by atoms with E-state index in [2.05, 4.69) is 13.8 Å². The highest BCUT2D eigenvalue weighted by atomic mass is 32.2. The molecule has 0 atom stereocenters. The first kappa shape index (κ1) is 16.3. The molecule has 1 heterocycles. The highest BCUT2D eigenvalue weighted by molar-refractivity contribution is 7.91. The Balaban J connectivity index is 2.52. The van der Waals surface area contributed by atoms with E-state index in [1.807, 2.05) is 11.9 Å². The smallest absolute Gasteiger partial charge is 0.180 e. The van der Waals surface area contributed by atoms with Crippen LogP contribution in [0.4, 0.5) is 10.7 Å². The number of nitrogens with zero attached hydrogens (tertiary/aromatic N) is 1. The molecule has 1 aromatic rings. The van der Waals surface area contributed by atoms with E-state index in [9.17, 15) is 13.2 Å². The summed E-state index contributed by atoms with van der Waals surface area (Å²) in [4.78, 5) is 14.7. The van der Waals surface area contributed by atoms with Gasteiger partial charge >= 0.3 is 0 Å². The van der Waals surface area contributed by atoms with E-state index in [1.165, 1.54) is 11.3 Å². The van der Waals surface area contributed by atoms with Crippen LogP contribution in [0.5, 0.6) is 0 Å². The van der Waals surface area contributed by atoms with Crippen molar-refractivity contribution in [3.05, 3.63) is 4.88 Å². The van der Waals surface area contributed by atoms with E-state index in [1.54, 1.807) is 0 Å². The van der Waals surface area contributed by atoms with Gasteiger partial charge in [-0.05, 0) is 18.8 Å². The van der Waals surface area contributed by atoms with Crippen molar-refractivity contribution >= 4 is 37.6 Å². The number of ketones is 1. The fraction of sp³-hybridized carbons (Fsp3) is 0.643. The Kier molecular flexibility index (Phi) is 4.35. The molecule has 0 saturated heterocycles. The van der Waals surface area contributed by atoms with Gasteiger partial charge in [0.2, 0.25) is 0 Å². The van der Waals surface area contributed by atoms with Crippen molar-refractivity contribution in [3.63, 3.8) is 0 Å². The molecule has 21 heavy (non-hydrogen) atoms. The zero-order valence-corrected chi connectivity index (χ0v) is 14.5. The Morgan fingerprint density at radius 1 is 1.43 bits per heavy atom. The number of rotatable bonds is 6. The summed E-state index contributed by atoms with van der Waals surface area (Å²) in [7, 11) is -1.63. The summed E-state index contributed by atoms with van der Waals surface area (Å²) in [6, 6.07) is 0. The van der Waals surface area contributed by atoms with Gasteiger partial charge in [0.05, 0.1) is 10.6 Å². The maximum Gasteiger partial charge on any atom is 0.180 e. The lowest BCUT2D eigenvalue weighted by molar-refractivity contribution is 0.0972. The van der Waals surface area contributed by atoms with Crippen LogP contribution in [0.1, 0.15) is 36.4 Å². The Morgan fingerprint density at radius 3 is 2.43 bits per heavy atom. The largest absolute Gasteiger partial charge is 0.396 e. The molecule has 2 N–H and O–H groups in total. The lowest BCUT2D eigenvalue weighted by Crippen LogP contribution is -2.23. The van der Waals surface area contributed by atoms with Gasteiger partial charge < -0.3 is 10.6 Å². The first-order chi connectivity index (χ1) is 9.62. The number of hydrogen-bond donors (Lipinski definition) is 1. The summed E-state index contributed by atoms with van der Waals surface area (Å²) >= 11 is 1.21. The summed E-state index contributed by atoms with van der Waals surface area (Å²) in [6.45, 7) is 4.83. The van der Waals surface area contributed by atoms with Crippen molar-refractivity contribution in [2.45, 2.75) is 31.6 Å². The molecule has 0 aromatic carbocycles. The van der Waals surface area contributed by atoms with Gasteiger partial charge in [0.1, 0.15) is 9.90 Å². The van der Waals surface area contributed by atoms with Gasteiger partial charge in [-0.2, -0.15) is 0 Å². The second-order valence-corrected chi connectivity index (χ2v) is 9.12. The number of Topliss-reactive ketones (excluding diaryl/α,β-unsaturated/α-hetero) is 1. The molecule has 1 aliphatic rings. The van der Waals surface area contributed by atoms with Gasteiger partial charge in [-0.25, -0.2) is 8.42 Å². The molecule has 0 spiro atoms. The summed E-state index contributed by atoms with van der Waals surface area (Å²) in [5, 5.41) is 0.577. The second-order valence-electron chi connectivity index (χ2n) is 6.16. The van der Waals surface area contributed by atoms with E-state index < -0.39 is 9.84 Å². The molecule has 1 saturated carbocycles. The van der Waals surface area contributed by atoms with Crippen LogP contribution in [0.15, 0.2) is 4.90 Å². The summed E-state index contributed by atoms with van der Waals surface area (Å²) < 4.78 is 24.1. The Labute approximate surface area is 130 Å². The van der Waals surface area contributed by atoms with Crippen LogP contribution in [-0.2, 0) is 9.84 Å². The van der Waals surface area contributed by atoms with Gasteiger partial charge in [-0.1, -0.05) is 13.8 Å². The van der Waals surface area contributed by atoms with Gasteiger partial charge in [0.25, 0.3) is 0 Å². The van der Waals surface area contributed by atoms with Crippen molar-refractivity contribution < 1.29 is 13.2 Å². The molecule has 1 aromatic heterocycles. The number of carbonyl (C=O) groups is 1. The van der Waals surface area contributed by atoms with Crippen LogP contribution in [-0.4, -0.2) is 34.0 Å². The topological polar surface area (TPSA) is 80.5 Å². The molecule has 0 amide bonds. The molecule has 118 valence electrons. The van der Waals surface area contributed by atoms with E-state index in [0.29, 0.717) is 22.3 Å². The molecule has 7 heteroatoms. The minimum absolute atomic E-state index is 0.00778. The highest BCUT2D eigenvalue weighted by Crippen LogP contribution is 2.45. The van der Waals surface area contributed by atoms with Crippen LogP contribution < -0.4 is 10.6 Å². The quantitative estimate of drug-likeness (QED) is 0.810. The fourth-order valence-electron chi connectivity index (χ4n) is 2.37. The first-order valence-electron chi connectivity index (χ1n) is 7.00. The van der Waals surface area contributed by atoms with Crippen LogP contribution in [0.3, 0.4) is 0 Å². The SMILES string of the molecule is CC(C)CN(C)c1sc(C(=O)C2CC2)c(N)c1S(C)(=O)=O. The van der Waals surface area contributed by atoms with E-state index in [0.717, 1.165) is 19.1 Å². The predicted molar refractivity (Wildman–Crippen MR) is 87.0 cm³/mol. The third kappa shape index (κ3) is 3.40. The maximum atomic E-state index is 12.3. The van der Waals surface area contributed by atoms with Crippen LogP contribution in [0.25, 0.3) is 0 Å². The van der Waals surface area contributed by atoms with Crippen LogP contribution >= 0.6 is 11.3 Å². The monoisotopic (exact) mass is 330 g/mol.